The number of hydrogen-bond acceptors (Lipinski definition) is 7. The minimum Gasteiger partial charge on any atom is -0.454 e. The molecule has 2 amide bonds. The smallest absolute Gasteiger partial charge is 0.270 e. The van der Waals surface area contributed by atoms with Crippen molar-refractivity contribution >= 4 is 40.6 Å². The Morgan fingerprint density at radius 3 is 2.47 bits per heavy atom. The lowest BCUT2D eigenvalue weighted by atomic mass is 10.2. The van der Waals surface area contributed by atoms with Crippen molar-refractivity contribution in [3.63, 3.8) is 0 Å². The highest BCUT2D eigenvalue weighted by molar-refractivity contribution is 8.00. The van der Waals surface area contributed by atoms with E-state index in [2.05, 4.69) is 10.6 Å². The molecule has 0 fully saturated rings. The van der Waals surface area contributed by atoms with Crippen molar-refractivity contribution in [3.05, 3.63) is 82.4 Å². The van der Waals surface area contributed by atoms with Crippen molar-refractivity contribution in [2.75, 3.05) is 23.2 Å². The molecule has 0 spiro atoms. The molecule has 0 aliphatic carbocycles. The fraction of sp³-hybridized carbons (Fsp3) is 0.0909. The molecule has 3 aromatic carbocycles. The molecule has 0 saturated heterocycles. The Morgan fingerprint density at radius 1 is 0.938 bits per heavy atom. The molecule has 162 valence electrons. The number of rotatable bonds is 7. The molecule has 10 heteroatoms. The van der Waals surface area contributed by atoms with Gasteiger partial charge in [0.25, 0.3) is 11.6 Å². The number of thioether (sulfide) groups is 1. The van der Waals surface area contributed by atoms with Gasteiger partial charge in [0.15, 0.2) is 11.5 Å². The van der Waals surface area contributed by atoms with Crippen LogP contribution in [0.4, 0.5) is 17.1 Å². The summed E-state index contributed by atoms with van der Waals surface area (Å²) in [6, 6.07) is 17.7. The van der Waals surface area contributed by atoms with E-state index < -0.39 is 10.8 Å². The number of nitro benzene ring substituents is 1. The fourth-order valence-corrected chi connectivity index (χ4v) is 3.62. The number of amides is 2. The van der Waals surface area contributed by atoms with Gasteiger partial charge in [-0.15, -0.1) is 11.8 Å². The molecular formula is C22H17N3O6S. The molecule has 0 bridgehead atoms. The van der Waals surface area contributed by atoms with Crippen LogP contribution in [0.3, 0.4) is 0 Å². The SMILES string of the molecule is O=C(CSc1ccc(NC(=O)c2cccc([N+](=O)[O-])c2)cc1)Nc1ccc2c(c1)OCO2. The number of fused-ring (bicyclic) bond motifs is 1. The third kappa shape index (κ3) is 5.16. The first-order chi connectivity index (χ1) is 15.5. The van der Waals surface area contributed by atoms with Crippen LogP contribution in [0.1, 0.15) is 10.4 Å². The first-order valence-corrected chi connectivity index (χ1v) is 10.4. The second-order valence-electron chi connectivity index (χ2n) is 6.69. The number of carbonyl (C=O) groups excluding carboxylic acids is 2. The molecule has 2 N–H and O–H groups in total. The zero-order valence-corrected chi connectivity index (χ0v) is 17.4. The third-order valence-electron chi connectivity index (χ3n) is 4.46. The molecule has 0 unspecified atom stereocenters. The molecular weight excluding hydrogens is 434 g/mol. The lowest BCUT2D eigenvalue weighted by molar-refractivity contribution is -0.384. The molecule has 9 nitrogen and oxygen atoms in total. The summed E-state index contributed by atoms with van der Waals surface area (Å²) in [5.41, 5.74) is 1.20. The normalized spacial score (nSPS) is 11.6. The number of ether oxygens (including phenoxy) is 2. The van der Waals surface area contributed by atoms with Crippen LogP contribution >= 0.6 is 11.8 Å². The fourth-order valence-electron chi connectivity index (χ4n) is 2.92. The van der Waals surface area contributed by atoms with Gasteiger partial charge in [-0.05, 0) is 42.5 Å². The van der Waals surface area contributed by atoms with Crippen LogP contribution in [0.2, 0.25) is 0 Å². The van der Waals surface area contributed by atoms with E-state index in [9.17, 15) is 19.7 Å². The number of nitro groups is 1. The Morgan fingerprint density at radius 2 is 1.69 bits per heavy atom. The molecule has 1 heterocycles. The number of nitrogens with zero attached hydrogens (tertiary/aromatic N) is 1. The zero-order valence-electron chi connectivity index (χ0n) is 16.6. The maximum atomic E-state index is 12.3. The van der Waals surface area contributed by atoms with E-state index in [0.29, 0.717) is 22.9 Å². The number of nitrogens with one attached hydrogen (secondary N) is 2. The lowest BCUT2D eigenvalue weighted by Gasteiger charge is -2.08. The first kappa shape index (κ1) is 21.2. The minimum absolute atomic E-state index is 0.150. The highest BCUT2D eigenvalue weighted by atomic mass is 32.2. The standard InChI is InChI=1S/C22H17N3O6S/c26-21(23-16-6-9-19-20(11-16)31-13-30-19)12-32-18-7-4-15(5-8-18)24-22(27)14-2-1-3-17(10-14)25(28)29/h1-11H,12-13H2,(H,23,26)(H,24,27). The third-order valence-corrected chi connectivity index (χ3v) is 5.47. The van der Waals surface area contributed by atoms with Gasteiger partial charge in [0, 0.05) is 40.0 Å². The monoisotopic (exact) mass is 451 g/mol. The quantitative estimate of drug-likeness (QED) is 0.312. The number of carbonyl (C=O) groups is 2. The van der Waals surface area contributed by atoms with Crippen LogP contribution in [0.5, 0.6) is 11.5 Å². The number of benzene rings is 3. The van der Waals surface area contributed by atoms with E-state index in [4.69, 9.17) is 9.47 Å². The van der Waals surface area contributed by atoms with Gasteiger partial charge in [-0.2, -0.15) is 0 Å². The van der Waals surface area contributed by atoms with E-state index in [0.717, 1.165) is 4.90 Å². The summed E-state index contributed by atoms with van der Waals surface area (Å²) in [5, 5.41) is 16.4. The average Bonchev–Trinajstić information content (AvgIpc) is 3.26. The number of non-ortho nitro benzene ring substituents is 1. The largest absolute Gasteiger partial charge is 0.454 e. The van der Waals surface area contributed by atoms with Gasteiger partial charge in [-0.3, -0.25) is 19.7 Å². The topological polar surface area (TPSA) is 120 Å². The number of anilines is 2. The van der Waals surface area contributed by atoms with Gasteiger partial charge < -0.3 is 20.1 Å². The van der Waals surface area contributed by atoms with Gasteiger partial charge in [0.05, 0.1) is 10.7 Å². The van der Waals surface area contributed by atoms with Crippen LogP contribution < -0.4 is 20.1 Å². The van der Waals surface area contributed by atoms with E-state index >= 15 is 0 Å². The van der Waals surface area contributed by atoms with Gasteiger partial charge in [-0.1, -0.05) is 6.07 Å². The summed E-state index contributed by atoms with van der Waals surface area (Å²) >= 11 is 1.35. The maximum Gasteiger partial charge on any atom is 0.270 e. The molecule has 0 radical (unpaired) electrons. The minimum atomic E-state index is -0.550. The second kappa shape index (κ2) is 9.40. The molecule has 1 aliphatic rings. The molecule has 32 heavy (non-hydrogen) atoms. The average molecular weight is 451 g/mol. The van der Waals surface area contributed by atoms with Crippen molar-refractivity contribution in [1.29, 1.82) is 0 Å². The van der Waals surface area contributed by atoms with Crippen LogP contribution in [0, 0.1) is 10.1 Å². The second-order valence-corrected chi connectivity index (χ2v) is 7.74. The Hall–Kier alpha value is -4.05. The molecule has 0 atom stereocenters. The molecule has 1 aliphatic heterocycles. The Labute approximate surface area is 186 Å². The zero-order chi connectivity index (χ0) is 22.5. The van der Waals surface area contributed by atoms with E-state index in [-0.39, 0.29) is 29.7 Å². The van der Waals surface area contributed by atoms with E-state index in [1.165, 1.54) is 36.0 Å². The highest BCUT2D eigenvalue weighted by Crippen LogP contribution is 2.34. The van der Waals surface area contributed by atoms with Gasteiger partial charge in [0.2, 0.25) is 12.7 Å². The molecule has 0 aromatic heterocycles. The summed E-state index contributed by atoms with van der Waals surface area (Å²) in [7, 11) is 0. The van der Waals surface area contributed by atoms with Crippen molar-refractivity contribution in [2.24, 2.45) is 0 Å². The van der Waals surface area contributed by atoms with Crippen LogP contribution in [0.25, 0.3) is 0 Å². The maximum absolute atomic E-state index is 12.3. The van der Waals surface area contributed by atoms with Crippen LogP contribution in [0.15, 0.2) is 71.6 Å². The summed E-state index contributed by atoms with van der Waals surface area (Å²) < 4.78 is 10.5. The van der Waals surface area contributed by atoms with E-state index in [1.54, 1.807) is 42.5 Å². The Kier molecular flexibility index (Phi) is 6.22. The van der Waals surface area contributed by atoms with E-state index in [1.807, 2.05) is 0 Å². The lowest BCUT2D eigenvalue weighted by Crippen LogP contribution is -2.14. The Balaban J connectivity index is 1.29. The summed E-state index contributed by atoms with van der Waals surface area (Å²) in [5.74, 6) is 0.829. The Bertz CT molecular complexity index is 1180. The van der Waals surface area contributed by atoms with Gasteiger partial charge in [0.1, 0.15) is 0 Å². The summed E-state index contributed by atoms with van der Waals surface area (Å²) in [6.07, 6.45) is 0. The van der Waals surface area contributed by atoms with Gasteiger partial charge >= 0.3 is 0 Å². The summed E-state index contributed by atoms with van der Waals surface area (Å²) in [6.45, 7) is 0.171. The predicted octanol–water partition coefficient (Wildman–Crippen LogP) is 4.31. The number of hydrogen-bond donors (Lipinski definition) is 2. The first-order valence-electron chi connectivity index (χ1n) is 9.46. The molecule has 4 rings (SSSR count). The van der Waals surface area contributed by atoms with Crippen molar-refractivity contribution in [3.8, 4) is 11.5 Å². The predicted molar refractivity (Wildman–Crippen MR) is 119 cm³/mol. The van der Waals surface area contributed by atoms with Crippen molar-refractivity contribution in [2.45, 2.75) is 4.90 Å². The highest BCUT2D eigenvalue weighted by Gasteiger charge is 2.15. The van der Waals surface area contributed by atoms with Crippen molar-refractivity contribution in [1.82, 2.24) is 0 Å². The summed E-state index contributed by atoms with van der Waals surface area (Å²) in [4.78, 5) is 35.7. The van der Waals surface area contributed by atoms with Crippen LogP contribution in [-0.4, -0.2) is 29.3 Å². The van der Waals surface area contributed by atoms with Crippen molar-refractivity contribution < 1.29 is 24.0 Å². The van der Waals surface area contributed by atoms with Gasteiger partial charge in [-0.25, -0.2) is 0 Å². The molecule has 3 aromatic rings. The van der Waals surface area contributed by atoms with Crippen LogP contribution in [-0.2, 0) is 4.79 Å². The molecule has 0 saturated carbocycles.